The summed E-state index contributed by atoms with van der Waals surface area (Å²) in [7, 11) is 2.17. The summed E-state index contributed by atoms with van der Waals surface area (Å²) in [4.78, 5) is 14.3. The fourth-order valence-electron chi connectivity index (χ4n) is 2.26. The van der Waals surface area contributed by atoms with Crippen molar-refractivity contribution < 1.29 is 0 Å². The second kappa shape index (κ2) is 6.93. The van der Waals surface area contributed by atoms with Crippen molar-refractivity contribution >= 4 is 41.9 Å². The lowest BCUT2D eigenvalue weighted by Gasteiger charge is -2.29. The van der Waals surface area contributed by atoms with Gasteiger partial charge in [-0.3, -0.25) is 0 Å². The number of nitrogens with one attached hydrogen (secondary N) is 2. The van der Waals surface area contributed by atoms with E-state index in [2.05, 4.69) is 32.2 Å². The van der Waals surface area contributed by atoms with Gasteiger partial charge in [0.05, 0.1) is 0 Å². The molecule has 0 aliphatic carbocycles. The molecule has 0 amide bonds. The quantitative estimate of drug-likeness (QED) is 0.894. The van der Waals surface area contributed by atoms with E-state index in [0.717, 1.165) is 30.2 Å². The van der Waals surface area contributed by atoms with Crippen molar-refractivity contribution in [2.24, 2.45) is 0 Å². The number of aromatic nitrogens is 3. The molecular weight excluding hydrogens is 285 g/mol. The first-order chi connectivity index (χ1) is 8.31. The Morgan fingerprint density at radius 3 is 2.74 bits per heavy atom. The van der Waals surface area contributed by atoms with Crippen LogP contribution in [0.4, 0.5) is 5.95 Å². The second-order valence-corrected chi connectivity index (χ2v) is 4.68. The largest absolute Gasteiger partial charge is 0.353 e. The third kappa shape index (κ3) is 3.72. The van der Waals surface area contributed by atoms with Gasteiger partial charge in [0.1, 0.15) is 5.52 Å². The Balaban J connectivity index is 0.000000902. The first-order valence-corrected chi connectivity index (χ1v) is 6.07. The van der Waals surface area contributed by atoms with Crippen molar-refractivity contribution in [2.45, 2.75) is 18.9 Å². The molecule has 2 aromatic heterocycles. The number of likely N-dealkylation sites (tertiary alicyclic amines) is 1. The summed E-state index contributed by atoms with van der Waals surface area (Å²) in [6, 6.07) is 4.40. The highest BCUT2D eigenvalue weighted by atomic mass is 35.5. The Morgan fingerprint density at radius 2 is 2.05 bits per heavy atom. The molecule has 0 aromatic carbocycles. The molecule has 0 spiro atoms. The first-order valence-electron chi connectivity index (χ1n) is 6.07. The monoisotopic (exact) mass is 303 g/mol. The number of fused-ring (bicyclic) bond motifs is 1. The number of anilines is 1. The molecule has 7 heteroatoms. The van der Waals surface area contributed by atoms with Crippen LogP contribution in [0.2, 0.25) is 0 Å². The van der Waals surface area contributed by atoms with Gasteiger partial charge in [-0.1, -0.05) is 0 Å². The van der Waals surface area contributed by atoms with Crippen LogP contribution in [0, 0.1) is 0 Å². The van der Waals surface area contributed by atoms with Crippen LogP contribution >= 0.6 is 24.8 Å². The van der Waals surface area contributed by atoms with Crippen molar-refractivity contribution in [3.8, 4) is 0 Å². The molecule has 0 atom stereocenters. The average molecular weight is 304 g/mol. The van der Waals surface area contributed by atoms with E-state index >= 15 is 0 Å². The Hall–Kier alpha value is -1.04. The van der Waals surface area contributed by atoms with Gasteiger partial charge >= 0.3 is 0 Å². The fourth-order valence-corrected chi connectivity index (χ4v) is 2.26. The van der Waals surface area contributed by atoms with Crippen LogP contribution in [0.25, 0.3) is 11.2 Å². The van der Waals surface area contributed by atoms with Crippen LogP contribution in [0.1, 0.15) is 12.8 Å². The van der Waals surface area contributed by atoms with Gasteiger partial charge in [0.15, 0.2) is 5.65 Å². The van der Waals surface area contributed by atoms with Gasteiger partial charge in [-0.2, -0.15) is 0 Å². The van der Waals surface area contributed by atoms with E-state index in [4.69, 9.17) is 0 Å². The Bertz CT molecular complexity index is 475. The summed E-state index contributed by atoms with van der Waals surface area (Å²) < 4.78 is 0. The predicted octanol–water partition coefficient (Wildman–Crippen LogP) is 2.31. The van der Waals surface area contributed by atoms with E-state index in [0.29, 0.717) is 6.04 Å². The minimum absolute atomic E-state index is 0. The van der Waals surface area contributed by atoms with Crippen LogP contribution < -0.4 is 5.32 Å². The zero-order valence-electron chi connectivity index (χ0n) is 10.8. The molecule has 1 aliphatic heterocycles. The molecule has 1 saturated heterocycles. The highest BCUT2D eigenvalue weighted by molar-refractivity contribution is 5.85. The van der Waals surface area contributed by atoms with Crippen LogP contribution in [0.3, 0.4) is 0 Å². The van der Waals surface area contributed by atoms with E-state index in [1.54, 1.807) is 6.20 Å². The lowest BCUT2D eigenvalue weighted by molar-refractivity contribution is 0.263. The zero-order chi connectivity index (χ0) is 11.7. The molecule has 0 bridgehead atoms. The fraction of sp³-hybridized carbons (Fsp3) is 0.500. The highest BCUT2D eigenvalue weighted by Crippen LogP contribution is 2.16. The summed E-state index contributed by atoms with van der Waals surface area (Å²) in [6.07, 6.45) is 4.11. The first kappa shape index (κ1) is 16.0. The van der Waals surface area contributed by atoms with E-state index in [1.807, 2.05) is 12.1 Å². The van der Waals surface area contributed by atoms with Gasteiger partial charge in [-0.15, -0.1) is 24.8 Å². The third-order valence-electron chi connectivity index (χ3n) is 3.31. The topological polar surface area (TPSA) is 56.8 Å². The van der Waals surface area contributed by atoms with Gasteiger partial charge in [-0.25, -0.2) is 9.97 Å². The lowest BCUT2D eigenvalue weighted by atomic mass is 10.1. The molecule has 2 aromatic rings. The number of aromatic amines is 1. The van der Waals surface area contributed by atoms with E-state index in [9.17, 15) is 0 Å². The minimum atomic E-state index is 0. The number of piperidine rings is 1. The summed E-state index contributed by atoms with van der Waals surface area (Å²) in [6.45, 7) is 2.30. The van der Waals surface area contributed by atoms with Gasteiger partial charge in [0, 0.05) is 12.2 Å². The summed E-state index contributed by atoms with van der Waals surface area (Å²) in [5, 5.41) is 3.46. The molecule has 0 unspecified atom stereocenters. The maximum absolute atomic E-state index is 4.48. The lowest BCUT2D eigenvalue weighted by Crippen LogP contribution is -2.36. The van der Waals surface area contributed by atoms with Crippen molar-refractivity contribution in [3.63, 3.8) is 0 Å². The van der Waals surface area contributed by atoms with Gasteiger partial charge < -0.3 is 15.2 Å². The molecule has 2 N–H and O–H groups in total. The SMILES string of the molecule is CN1CCC(Nc2nc3cccnc3[nH]2)CC1.Cl.Cl. The van der Waals surface area contributed by atoms with Crippen molar-refractivity contribution in [1.29, 1.82) is 0 Å². The third-order valence-corrected chi connectivity index (χ3v) is 3.31. The molecule has 0 radical (unpaired) electrons. The number of imidazole rings is 1. The molecule has 3 rings (SSSR count). The van der Waals surface area contributed by atoms with Crippen LogP contribution in [-0.4, -0.2) is 46.0 Å². The van der Waals surface area contributed by atoms with Crippen LogP contribution in [0.5, 0.6) is 0 Å². The normalized spacial score (nSPS) is 16.7. The zero-order valence-corrected chi connectivity index (χ0v) is 12.4. The van der Waals surface area contributed by atoms with Crippen molar-refractivity contribution in [1.82, 2.24) is 19.9 Å². The highest BCUT2D eigenvalue weighted by Gasteiger charge is 2.17. The molecule has 0 saturated carbocycles. The summed E-state index contributed by atoms with van der Waals surface area (Å²) >= 11 is 0. The maximum atomic E-state index is 4.48. The minimum Gasteiger partial charge on any atom is -0.353 e. The molecule has 1 aliphatic rings. The molecule has 19 heavy (non-hydrogen) atoms. The summed E-state index contributed by atoms with van der Waals surface area (Å²) in [5.74, 6) is 0.841. The second-order valence-electron chi connectivity index (χ2n) is 4.68. The molecule has 1 fully saturated rings. The van der Waals surface area contributed by atoms with Gasteiger partial charge in [0.25, 0.3) is 0 Å². The van der Waals surface area contributed by atoms with Crippen molar-refractivity contribution in [3.05, 3.63) is 18.3 Å². The Kier molecular flexibility index (Phi) is 5.85. The maximum Gasteiger partial charge on any atom is 0.202 e. The number of nitrogens with zero attached hydrogens (tertiary/aromatic N) is 3. The Morgan fingerprint density at radius 1 is 1.32 bits per heavy atom. The number of pyridine rings is 1. The van der Waals surface area contributed by atoms with Crippen molar-refractivity contribution in [2.75, 3.05) is 25.5 Å². The molecular formula is C12H19Cl2N5. The number of rotatable bonds is 2. The van der Waals surface area contributed by atoms with Gasteiger partial charge in [-0.05, 0) is 45.1 Å². The van der Waals surface area contributed by atoms with E-state index in [1.165, 1.54) is 12.8 Å². The van der Waals surface area contributed by atoms with Gasteiger partial charge in [0.2, 0.25) is 5.95 Å². The Labute approximate surface area is 125 Å². The number of hydrogen-bond donors (Lipinski definition) is 2. The predicted molar refractivity (Wildman–Crippen MR) is 82.5 cm³/mol. The van der Waals surface area contributed by atoms with Crippen LogP contribution in [0.15, 0.2) is 18.3 Å². The van der Waals surface area contributed by atoms with E-state index < -0.39 is 0 Å². The number of hydrogen-bond acceptors (Lipinski definition) is 4. The molecule has 106 valence electrons. The molecule has 3 heterocycles. The number of halogens is 2. The molecule has 5 nitrogen and oxygen atoms in total. The number of H-pyrrole nitrogens is 1. The standard InChI is InChI=1S/C12H17N5.2ClH/c1-17-7-4-9(5-8-17)14-12-15-10-3-2-6-13-11(10)16-12;;/h2-3,6,9H,4-5,7-8H2,1H3,(H2,13,14,15,16);2*1H. The van der Waals surface area contributed by atoms with Crippen LogP contribution in [-0.2, 0) is 0 Å². The smallest absolute Gasteiger partial charge is 0.202 e. The summed E-state index contributed by atoms with van der Waals surface area (Å²) in [5.41, 5.74) is 1.77. The van der Waals surface area contributed by atoms with E-state index in [-0.39, 0.29) is 24.8 Å². The average Bonchev–Trinajstić information content (AvgIpc) is 2.74.